The monoisotopic (exact) mass is 570 g/mol. The summed E-state index contributed by atoms with van der Waals surface area (Å²) in [6.45, 7) is 2.63. The van der Waals surface area contributed by atoms with Gasteiger partial charge in [-0.3, -0.25) is 4.79 Å². The van der Waals surface area contributed by atoms with Crippen molar-refractivity contribution in [1.82, 2.24) is 15.3 Å². The van der Waals surface area contributed by atoms with E-state index in [9.17, 15) is 9.59 Å². The number of nitrogens with one attached hydrogen (secondary N) is 4. The predicted octanol–water partition coefficient (Wildman–Crippen LogP) is 4.63. The highest BCUT2D eigenvalue weighted by atomic mass is 16.5. The molecule has 4 rings (SSSR count). The zero-order valence-corrected chi connectivity index (χ0v) is 23.3. The summed E-state index contributed by atoms with van der Waals surface area (Å²) in [5, 5.41) is 12.5. The summed E-state index contributed by atoms with van der Waals surface area (Å²) in [5.41, 5.74) is 2.68. The number of methoxy groups -OCH3 is 1. The van der Waals surface area contributed by atoms with E-state index in [0.717, 1.165) is 5.69 Å². The molecule has 4 aromatic rings. The summed E-state index contributed by atoms with van der Waals surface area (Å²) in [4.78, 5) is 32.9. The Kier molecular flexibility index (Phi) is 11.6. The van der Waals surface area contributed by atoms with Gasteiger partial charge in [0.25, 0.3) is 5.91 Å². The van der Waals surface area contributed by atoms with Crippen LogP contribution in [0.25, 0.3) is 0 Å². The fraction of sp³-hybridized carbons (Fsp3) is 0.226. The van der Waals surface area contributed by atoms with Crippen molar-refractivity contribution in [1.29, 1.82) is 0 Å². The van der Waals surface area contributed by atoms with Crippen LogP contribution < -0.4 is 21.3 Å². The van der Waals surface area contributed by atoms with E-state index in [-0.39, 0.29) is 5.91 Å². The molecule has 0 spiro atoms. The third kappa shape index (κ3) is 9.88. The molecular formula is C31H34N6O5. The highest BCUT2D eigenvalue weighted by Crippen LogP contribution is 2.21. The van der Waals surface area contributed by atoms with Gasteiger partial charge in [-0.25, -0.2) is 4.79 Å². The molecule has 3 aromatic carbocycles. The highest BCUT2D eigenvalue weighted by Gasteiger charge is 2.08. The molecule has 11 nitrogen and oxygen atoms in total. The zero-order chi connectivity index (χ0) is 29.4. The van der Waals surface area contributed by atoms with E-state index in [2.05, 4.69) is 31.2 Å². The molecule has 4 N–H and O–H groups in total. The molecule has 0 aliphatic rings. The lowest BCUT2D eigenvalue weighted by Crippen LogP contribution is -2.27. The van der Waals surface area contributed by atoms with Crippen LogP contribution in [0.15, 0.2) is 91.0 Å². The second-order valence-corrected chi connectivity index (χ2v) is 8.92. The minimum Gasteiger partial charge on any atom is -0.465 e. The Morgan fingerprint density at radius 3 is 1.98 bits per heavy atom. The van der Waals surface area contributed by atoms with E-state index < -0.39 is 5.97 Å². The van der Waals surface area contributed by atoms with Crippen molar-refractivity contribution >= 4 is 40.8 Å². The van der Waals surface area contributed by atoms with Gasteiger partial charge in [-0.1, -0.05) is 36.4 Å². The molecule has 1 amide bonds. The van der Waals surface area contributed by atoms with Crippen LogP contribution in [0, 0.1) is 0 Å². The molecule has 0 saturated carbocycles. The number of anilines is 5. The van der Waals surface area contributed by atoms with Gasteiger partial charge in [0.2, 0.25) is 5.95 Å². The third-order valence-electron chi connectivity index (χ3n) is 5.83. The van der Waals surface area contributed by atoms with E-state index in [0.29, 0.717) is 73.9 Å². The number of hydrogen-bond donors (Lipinski definition) is 4. The first-order valence-corrected chi connectivity index (χ1v) is 13.5. The molecule has 11 heteroatoms. The zero-order valence-electron chi connectivity index (χ0n) is 23.3. The maximum Gasteiger partial charge on any atom is 0.337 e. The SMILES string of the molecule is COC(=O)c1ccc(Nc2nc(NCCOCCOCCNC(=O)c3ccccc3)cc(Nc3ccccc3)n2)cc1. The molecule has 0 unspecified atom stereocenters. The van der Waals surface area contributed by atoms with Crippen LogP contribution in [0.2, 0.25) is 0 Å². The number of hydrogen-bond acceptors (Lipinski definition) is 10. The summed E-state index contributed by atoms with van der Waals surface area (Å²) >= 11 is 0. The van der Waals surface area contributed by atoms with E-state index >= 15 is 0 Å². The number of rotatable bonds is 16. The summed E-state index contributed by atoms with van der Waals surface area (Å²) < 4.78 is 15.9. The van der Waals surface area contributed by atoms with Gasteiger partial charge in [-0.2, -0.15) is 9.97 Å². The van der Waals surface area contributed by atoms with Crippen LogP contribution in [0.4, 0.5) is 29.0 Å². The molecule has 0 radical (unpaired) electrons. The topological polar surface area (TPSA) is 136 Å². The molecule has 1 aromatic heterocycles. The highest BCUT2D eigenvalue weighted by molar-refractivity contribution is 5.94. The number of benzene rings is 3. The quantitative estimate of drug-likeness (QED) is 0.112. The normalized spacial score (nSPS) is 10.5. The summed E-state index contributed by atoms with van der Waals surface area (Å²) in [7, 11) is 1.35. The lowest BCUT2D eigenvalue weighted by Gasteiger charge is -2.13. The number of para-hydroxylation sites is 1. The van der Waals surface area contributed by atoms with Crippen molar-refractivity contribution in [2.45, 2.75) is 0 Å². The number of ether oxygens (including phenoxy) is 3. The summed E-state index contributed by atoms with van der Waals surface area (Å²) in [6.07, 6.45) is 0. The minimum atomic E-state index is -0.403. The number of nitrogens with zero attached hydrogens (tertiary/aromatic N) is 2. The van der Waals surface area contributed by atoms with Crippen molar-refractivity contribution in [3.8, 4) is 0 Å². The summed E-state index contributed by atoms with van der Waals surface area (Å²) in [6, 6.07) is 27.4. The average molecular weight is 571 g/mol. The molecule has 1 heterocycles. The van der Waals surface area contributed by atoms with Gasteiger partial charge >= 0.3 is 5.97 Å². The second kappa shape index (κ2) is 16.3. The van der Waals surface area contributed by atoms with Crippen molar-refractivity contribution in [3.05, 3.63) is 102 Å². The molecule has 0 aliphatic carbocycles. The Bertz CT molecular complexity index is 1400. The molecule has 0 aliphatic heterocycles. The Balaban J connectivity index is 1.22. The minimum absolute atomic E-state index is 0.122. The fourth-order valence-electron chi connectivity index (χ4n) is 3.77. The first-order valence-electron chi connectivity index (χ1n) is 13.5. The second-order valence-electron chi connectivity index (χ2n) is 8.92. The molecule has 0 saturated heterocycles. The first-order chi connectivity index (χ1) is 20.6. The number of aromatic nitrogens is 2. The third-order valence-corrected chi connectivity index (χ3v) is 5.83. The first kappa shape index (κ1) is 30.0. The number of amides is 1. The smallest absolute Gasteiger partial charge is 0.337 e. The van der Waals surface area contributed by atoms with Gasteiger partial charge in [0.15, 0.2) is 0 Å². The lowest BCUT2D eigenvalue weighted by atomic mass is 10.2. The lowest BCUT2D eigenvalue weighted by molar-refractivity contribution is 0.0519. The Morgan fingerprint density at radius 2 is 1.29 bits per heavy atom. The van der Waals surface area contributed by atoms with Crippen molar-refractivity contribution < 1.29 is 23.8 Å². The fourth-order valence-corrected chi connectivity index (χ4v) is 3.77. The standard InChI is InChI=1S/C31H34N6O5/c1-40-30(39)24-12-14-26(15-13-24)35-31-36-27(22-28(37-31)34-25-10-6-3-7-11-25)32-16-18-41-20-21-42-19-17-33-29(38)23-8-4-2-5-9-23/h2-15,22H,16-21H2,1H3,(H,33,38)(H3,32,34,35,36,37). The number of esters is 1. The van der Waals surface area contributed by atoms with Gasteiger partial charge in [0, 0.05) is 36.1 Å². The predicted molar refractivity (Wildman–Crippen MR) is 162 cm³/mol. The van der Waals surface area contributed by atoms with Crippen LogP contribution >= 0.6 is 0 Å². The largest absolute Gasteiger partial charge is 0.465 e. The van der Waals surface area contributed by atoms with Gasteiger partial charge in [-0.05, 0) is 48.5 Å². The van der Waals surface area contributed by atoms with Gasteiger partial charge in [0.1, 0.15) is 11.6 Å². The summed E-state index contributed by atoms with van der Waals surface area (Å²) in [5.74, 6) is 1.05. The van der Waals surface area contributed by atoms with Gasteiger partial charge < -0.3 is 35.5 Å². The maximum absolute atomic E-state index is 12.0. The molecule has 42 heavy (non-hydrogen) atoms. The van der Waals surface area contributed by atoms with Crippen LogP contribution in [-0.2, 0) is 14.2 Å². The van der Waals surface area contributed by atoms with Gasteiger partial charge in [0.05, 0.1) is 39.1 Å². The number of carbonyl (C=O) groups is 2. The van der Waals surface area contributed by atoms with Crippen molar-refractivity contribution in [2.75, 3.05) is 62.6 Å². The van der Waals surface area contributed by atoms with Crippen LogP contribution in [0.5, 0.6) is 0 Å². The molecular weight excluding hydrogens is 536 g/mol. The van der Waals surface area contributed by atoms with Crippen LogP contribution in [0.1, 0.15) is 20.7 Å². The Labute approximate surface area is 244 Å². The average Bonchev–Trinajstić information content (AvgIpc) is 3.02. The van der Waals surface area contributed by atoms with Crippen molar-refractivity contribution in [2.24, 2.45) is 0 Å². The van der Waals surface area contributed by atoms with Crippen LogP contribution in [0.3, 0.4) is 0 Å². The van der Waals surface area contributed by atoms with E-state index in [4.69, 9.17) is 14.2 Å². The molecule has 0 fully saturated rings. The van der Waals surface area contributed by atoms with Crippen LogP contribution in [-0.4, -0.2) is 68.5 Å². The van der Waals surface area contributed by atoms with E-state index in [1.165, 1.54) is 7.11 Å². The molecule has 0 bridgehead atoms. The Morgan fingerprint density at radius 1 is 0.667 bits per heavy atom. The van der Waals surface area contributed by atoms with E-state index in [1.807, 2.05) is 54.6 Å². The van der Waals surface area contributed by atoms with Gasteiger partial charge in [-0.15, -0.1) is 0 Å². The Hall–Kier alpha value is -5.00. The number of carbonyl (C=O) groups excluding carboxylic acids is 2. The maximum atomic E-state index is 12.0. The molecule has 0 atom stereocenters. The van der Waals surface area contributed by atoms with E-state index in [1.54, 1.807) is 36.4 Å². The van der Waals surface area contributed by atoms with Crippen molar-refractivity contribution in [3.63, 3.8) is 0 Å². The molecule has 218 valence electrons.